The van der Waals surface area contributed by atoms with Crippen LogP contribution in [0.2, 0.25) is 0 Å². The second-order valence-corrected chi connectivity index (χ2v) is 2.82. The molecule has 1 saturated heterocycles. The van der Waals surface area contributed by atoms with Crippen molar-refractivity contribution < 1.29 is 19.4 Å². The topological polar surface area (TPSA) is 55.8 Å². The van der Waals surface area contributed by atoms with E-state index >= 15 is 0 Å². The molecule has 1 rings (SSSR count). The molecule has 2 atom stereocenters. The lowest BCUT2D eigenvalue weighted by Crippen LogP contribution is -2.47. The van der Waals surface area contributed by atoms with E-state index in [2.05, 4.69) is 0 Å². The van der Waals surface area contributed by atoms with Crippen LogP contribution in [0.3, 0.4) is 0 Å². The summed E-state index contributed by atoms with van der Waals surface area (Å²) in [5.41, 5.74) is 0. The van der Waals surface area contributed by atoms with Crippen LogP contribution in [0.5, 0.6) is 0 Å². The highest BCUT2D eigenvalue weighted by Crippen LogP contribution is 2.22. The predicted octanol–water partition coefficient (Wildman–Crippen LogP) is 0.613. The maximum Gasteiger partial charge on any atom is 0.364 e. The number of hydrogen-bond acceptors (Lipinski definition) is 3. The lowest BCUT2D eigenvalue weighted by Gasteiger charge is -2.33. The zero-order valence-corrected chi connectivity index (χ0v) is 6.66. The van der Waals surface area contributed by atoms with Gasteiger partial charge >= 0.3 is 5.97 Å². The Morgan fingerprint density at radius 2 is 2.36 bits per heavy atom. The number of carboxylic acid groups (broad SMARTS) is 1. The maximum absolute atomic E-state index is 10.6. The highest BCUT2D eigenvalue weighted by molar-refractivity contribution is 5.75. The summed E-state index contributed by atoms with van der Waals surface area (Å²) < 4.78 is 10.1. The van der Waals surface area contributed by atoms with E-state index in [4.69, 9.17) is 14.6 Å². The molecule has 4 heteroatoms. The Balaban J connectivity index is 2.63. The minimum absolute atomic E-state index is 0.0372. The Morgan fingerprint density at radius 1 is 1.73 bits per heavy atom. The third kappa shape index (κ3) is 1.70. The molecule has 0 saturated carbocycles. The van der Waals surface area contributed by atoms with Gasteiger partial charge in [0.25, 0.3) is 5.79 Å². The van der Waals surface area contributed by atoms with Crippen LogP contribution >= 0.6 is 0 Å². The zero-order valence-electron chi connectivity index (χ0n) is 6.66. The van der Waals surface area contributed by atoms with E-state index in [1.54, 1.807) is 0 Å². The summed E-state index contributed by atoms with van der Waals surface area (Å²) in [6.45, 7) is 3.71. The van der Waals surface area contributed by atoms with Crippen molar-refractivity contribution in [2.75, 3.05) is 6.61 Å². The molecule has 0 radical (unpaired) electrons. The van der Waals surface area contributed by atoms with E-state index in [0.29, 0.717) is 6.61 Å². The monoisotopic (exact) mass is 160 g/mol. The second kappa shape index (κ2) is 2.79. The lowest BCUT2D eigenvalue weighted by atomic mass is 10.2. The molecule has 64 valence electrons. The average molecular weight is 160 g/mol. The molecule has 1 aliphatic rings. The molecule has 4 nitrogen and oxygen atoms in total. The number of rotatable bonds is 1. The molecule has 11 heavy (non-hydrogen) atoms. The number of carboxylic acids is 1. The smallest absolute Gasteiger partial charge is 0.364 e. The summed E-state index contributed by atoms with van der Waals surface area (Å²) >= 11 is 0. The normalized spacial score (nSPS) is 38.5. The fourth-order valence-corrected chi connectivity index (χ4v) is 1.01. The predicted molar refractivity (Wildman–Crippen MR) is 37.2 cm³/mol. The molecule has 1 fully saturated rings. The van der Waals surface area contributed by atoms with Crippen molar-refractivity contribution in [1.82, 2.24) is 0 Å². The SMILES string of the molecule is C[C@H]1CCO[C@](C)(C(=O)O)O1. The van der Waals surface area contributed by atoms with E-state index in [9.17, 15) is 4.79 Å². The van der Waals surface area contributed by atoms with Crippen LogP contribution in [0.15, 0.2) is 0 Å². The summed E-state index contributed by atoms with van der Waals surface area (Å²) in [5, 5.41) is 8.67. The quantitative estimate of drug-likeness (QED) is 0.610. The van der Waals surface area contributed by atoms with Crippen LogP contribution in [0, 0.1) is 0 Å². The van der Waals surface area contributed by atoms with Crippen LogP contribution in [0.25, 0.3) is 0 Å². The molecule has 0 amide bonds. The molecule has 0 aliphatic carbocycles. The van der Waals surface area contributed by atoms with Gasteiger partial charge < -0.3 is 14.6 Å². The van der Waals surface area contributed by atoms with Gasteiger partial charge in [-0.2, -0.15) is 0 Å². The van der Waals surface area contributed by atoms with Gasteiger partial charge in [-0.1, -0.05) is 0 Å². The summed E-state index contributed by atoms with van der Waals surface area (Å²) in [5.74, 6) is -2.50. The van der Waals surface area contributed by atoms with E-state index in [0.717, 1.165) is 6.42 Å². The van der Waals surface area contributed by atoms with Crippen LogP contribution in [-0.2, 0) is 14.3 Å². The fraction of sp³-hybridized carbons (Fsp3) is 0.857. The Bertz CT molecular complexity index is 168. The molecule has 0 aromatic rings. The number of carbonyl (C=O) groups is 1. The van der Waals surface area contributed by atoms with E-state index in [-0.39, 0.29) is 6.10 Å². The third-order valence-electron chi connectivity index (χ3n) is 1.72. The first-order valence-electron chi connectivity index (χ1n) is 3.60. The summed E-state index contributed by atoms with van der Waals surface area (Å²) in [4.78, 5) is 10.6. The minimum Gasteiger partial charge on any atom is -0.477 e. The van der Waals surface area contributed by atoms with Crippen LogP contribution in [0.4, 0.5) is 0 Å². The van der Waals surface area contributed by atoms with E-state index in [1.165, 1.54) is 6.92 Å². The fourth-order valence-electron chi connectivity index (χ4n) is 1.01. The molecule has 1 heterocycles. The first-order valence-corrected chi connectivity index (χ1v) is 3.60. The van der Waals surface area contributed by atoms with Gasteiger partial charge in [0.05, 0.1) is 12.7 Å². The van der Waals surface area contributed by atoms with Crippen molar-refractivity contribution in [3.05, 3.63) is 0 Å². The van der Waals surface area contributed by atoms with Crippen molar-refractivity contribution in [3.8, 4) is 0 Å². The third-order valence-corrected chi connectivity index (χ3v) is 1.72. The number of aliphatic carboxylic acids is 1. The number of ether oxygens (including phenoxy) is 2. The summed E-state index contributed by atoms with van der Waals surface area (Å²) in [6.07, 6.45) is 0.716. The molecule has 1 aliphatic heterocycles. The van der Waals surface area contributed by atoms with Crippen molar-refractivity contribution in [1.29, 1.82) is 0 Å². The lowest BCUT2D eigenvalue weighted by molar-refractivity contribution is -0.276. The molecule has 0 spiro atoms. The van der Waals surface area contributed by atoms with E-state index in [1.807, 2.05) is 6.92 Å². The largest absolute Gasteiger partial charge is 0.477 e. The molecule has 1 N–H and O–H groups in total. The second-order valence-electron chi connectivity index (χ2n) is 2.82. The summed E-state index contributed by atoms with van der Waals surface area (Å²) in [7, 11) is 0. The summed E-state index contributed by atoms with van der Waals surface area (Å²) in [6, 6.07) is 0. The standard InChI is InChI=1S/C7H12O4/c1-5-3-4-10-7(2,11-5)6(8)9/h5H,3-4H2,1-2H3,(H,8,9)/t5-,7-/m0/s1. The Hall–Kier alpha value is -0.610. The molecular formula is C7H12O4. The van der Waals surface area contributed by atoms with Crippen molar-refractivity contribution >= 4 is 5.97 Å². The zero-order chi connectivity index (χ0) is 8.48. The molecule has 0 aromatic carbocycles. The molecule has 0 aromatic heterocycles. The van der Waals surface area contributed by atoms with Gasteiger partial charge in [-0.05, 0) is 13.3 Å². The van der Waals surface area contributed by atoms with Gasteiger partial charge in [-0.15, -0.1) is 0 Å². The van der Waals surface area contributed by atoms with E-state index < -0.39 is 11.8 Å². The maximum atomic E-state index is 10.6. The van der Waals surface area contributed by atoms with Crippen LogP contribution in [0.1, 0.15) is 20.3 Å². The average Bonchev–Trinajstić information content (AvgIpc) is 1.86. The van der Waals surface area contributed by atoms with Crippen molar-refractivity contribution in [2.45, 2.75) is 32.2 Å². The number of hydrogen-bond donors (Lipinski definition) is 1. The van der Waals surface area contributed by atoms with Gasteiger partial charge in [0.2, 0.25) is 0 Å². The van der Waals surface area contributed by atoms with Gasteiger partial charge in [0, 0.05) is 6.92 Å². The van der Waals surface area contributed by atoms with Gasteiger partial charge in [0.1, 0.15) is 0 Å². The highest BCUT2D eigenvalue weighted by atomic mass is 16.7. The van der Waals surface area contributed by atoms with Crippen LogP contribution < -0.4 is 0 Å². The molecular weight excluding hydrogens is 148 g/mol. The van der Waals surface area contributed by atoms with Gasteiger partial charge in [0.15, 0.2) is 0 Å². The minimum atomic E-state index is -1.43. The Morgan fingerprint density at radius 3 is 2.73 bits per heavy atom. The van der Waals surface area contributed by atoms with Crippen LogP contribution in [-0.4, -0.2) is 29.6 Å². The van der Waals surface area contributed by atoms with Gasteiger partial charge in [-0.3, -0.25) is 0 Å². The van der Waals surface area contributed by atoms with Gasteiger partial charge in [-0.25, -0.2) is 4.79 Å². The highest BCUT2D eigenvalue weighted by Gasteiger charge is 2.39. The first kappa shape index (κ1) is 8.49. The Kier molecular flexibility index (Phi) is 2.15. The van der Waals surface area contributed by atoms with Crippen molar-refractivity contribution in [2.24, 2.45) is 0 Å². The molecule has 0 bridgehead atoms. The van der Waals surface area contributed by atoms with Crippen molar-refractivity contribution in [3.63, 3.8) is 0 Å². The first-order chi connectivity index (χ1) is 5.04. The molecule has 0 unspecified atom stereocenters. The Labute approximate surface area is 65.1 Å².